The van der Waals surface area contributed by atoms with Crippen molar-refractivity contribution in [3.63, 3.8) is 0 Å². The van der Waals surface area contributed by atoms with Gasteiger partial charge in [0.05, 0.1) is 19.8 Å². The monoisotopic (exact) mass is 282 g/mol. The highest BCUT2D eigenvalue weighted by molar-refractivity contribution is 14.1. The Morgan fingerprint density at radius 1 is 1.33 bits per heavy atom. The minimum atomic E-state index is -0.185. The third kappa shape index (κ3) is 1.75. The molecule has 0 spiro atoms. The molecular formula is C6H7IN2O3. The van der Waals surface area contributed by atoms with Crippen LogP contribution in [-0.4, -0.2) is 30.0 Å². The first-order valence-corrected chi connectivity index (χ1v) is 4.62. The van der Waals surface area contributed by atoms with Gasteiger partial charge in [-0.15, -0.1) is 10.2 Å². The molecule has 2 heterocycles. The Hall–Kier alpha value is -0.210. The molecule has 0 amide bonds. The molecule has 0 N–H and O–H groups in total. The molecule has 1 aromatic heterocycles. The zero-order valence-electron chi connectivity index (χ0n) is 6.20. The number of hydrogen-bond donors (Lipinski definition) is 0. The third-order valence-electron chi connectivity index (χ3n) is 1.51. The van der Waals surface area contributed by atoms with Crippen molar-refractivity contribution in [2.75, 3.05) is 19.8 Å². The molecule has 1 aliphatic rings. The summed E-state index contributed by atoms with van der Waals surface area (Å²) in [5, 5.41) is 7.54. The number of rotatable bonds is 1. The maximum absolute atomic E-state index is 5.35. The molecule has 1 atom stereocenters. The maximum Gasteiger partial charge on any atom is 0.278 e. The fraction of sp³-hybridized carbons (Fsp3) is 0.667. The number of nitrogens with zero attached hydrogens (tertiary/aromatic N) is 2. The summed E-state index contributed by atoms with van der Waals surface area (Å²) >= 11 is 1.96. The van der Waals surface area contributed by atoms with Crippen molar-refractivity contribution in [1.29, 1.82) is 0 Å². The Morgan fingerprint density at radius 3 is 2.83 bits per heavy atom. The van der Waals surface area contributed by atoms with Crippen molar-refractivity contribution in [3.05, 3.63) is 9.79 Å². The van der Waals surface area contributed by atoms with E-state index < -0.39 is 0 Å². The normalized spacial score (nSPS) is 24.2. The second-order valence-electron chi connectivity index (χ2n) is 2.33. The quantitative estimate of drug-likeness (QED) is 0.712. The Morgan fingerprint density at radius 2 is 2.25 bits per heavy atom. The van der Waals surface area contributed by atoms with E-state index in [0.29, 0.717) is 29.6 Å². The van der Waals surface area contributed by atoms with E-state index in [1.54, 1.807) is 0 Å². The van der Waals surface area contributed by atoms with Crippen LogP contribution in [0.3, 0.4) is 0 Å². The third-order valence-corrected chi connectivity index (χ3v) is 1.94. The molecular weight excluding hydrogens is 275 g/mol. The van der Waals surface area contributed by atoms with Gasteiger partial charge in [-0.3, -0.25) is 0 Å². The topological polar surface area (TPSA) is 57.4 Å². The summed E-state index contributed by atoms with van der Waals surface area (Å²) in [5.41, 5.74) is 0. The van der Waals surface area contributed by atoms with Crippen molar-refractivity contribution >= 4 is 22.6 Å². The van der Waals surface area contributed by atoms with Gasteiger partial charge in [0.15, 0.2) is 6.10 Å². The molecule has 0 radical (unpaired) electrons. The van der Waals surface area contributed by atoms with Crippen molar-refractivity contribution < 1.29 is 13.9 Å². The van der Waals surface area contributed by atoms with Crippen molar-refractivity contribution in [2.24, 2.45) is 0 Å². The van der Waals surface area contributed by atoms with E-state index in [9.17, 15) is 0 Å². The molecule has 5 nitrogen and oxygen atoms in total. The highest BCUT2D eigenvalue weighted by Gasteiger charge is 2.21. The van der Waals surface area contributed by atoms with Gasteiger partial charge in [0, 0.05) is 22.6 Å². The highest BCUT2D eigenvalue weighted by Crippen LogP contribution is 2.19. The SMILES string of the molecule is Ic1nnc(C2COCCO2)o1. The minimum absolute atomic E-state index is 0.185. The lowest BCUT2D eigenvalue weighted by Gasteiger charge is -2.19. The molecule has 0 saturated carbocycles. The second-order valence-corrected chi connectivity index (χ2v) is 3.25. The molecule has 1 aromatic rings. The van der Waals surface area contributed by atoms with Gasteiger partial charge in [-0.05, 0) is 0 Å². The van der Waals surface area contributed by atoms with Crippen LogP contribution in [0.4, 0.5) is 0 Å². The molecule has 0 aliphatic carbocycles. The van der Waals surface area contributed by atoms with Crippen LogP contribution in [-0.2, 0) is 9.47 Å². The second kappa shape index (κ2) is 3.67. The first-order chi connectivity index (χ1) is 5.86. The lowest BCUT2D eigenvalue weighted by Crippen LogP contribution is -2.22. The molecule has 1 aliphatic heterocycles. The Kier molecular flexibility index (Phi) is 2.57. The van der Waals surface area contributed by atoms with Crippen LogP contribution in [0.25, 0.3) is 0 Å². The first-order valence-electron chi connectivity index (χ1n) is 3.54. The van der Waals surface area contributed by atoms with Gasteiger partial charge < -0.3 is 13.9 Å². The van der Waals surface area contributed by atoms with Crippen LogP contribution in [0.5, 0.6) is 0 Å². The fourth-order valence-corrected chi connectivity index (χ4v) is 1.31. The molecule has 1 unspecified atom stereocenters. The van der Waals surface area contributed by atoms with Crippen molar-refractivity contribution in [2.45, 2.75) is 6.10 Å². The van der Waals surface area contributed by atoms with E-state index >= 15 is 0 Å². The lowest BCUT2D eigenvalue weighted by atomic mass is 10.3. The van der Waals surface area contributed by atoms with E-state index in [-0.39, 0.29) is 6.10 Å². The summed E-state index contributed by atoms with van der Waals surface area (Å²) in [6.07, 6.45) is -0.185. The van der Waals surface area contributed by atoms with Gasteiger partial charge in [0.1, 0.15) is 0 Å². The highest BCUT2D eigenvalue weighted by atomic mass is 127. The maximum atomic E-state index is 5.35. The van der Waals surface area contributed by atoms with Crippen LogP contribution < -0.4 is 0 Å². The Bertz CT molecular complexity index is 259. The predicted molar refractivity (Wildman–Crippen MR) is 46.5 cm³/mol. The average molecular weight is 282 g/mol. The first kappa shape index (κ1) is 8.39. The van der Waals surface area contributed by atoms with E-state index in [1.165, 1.54) is 0 Å². The van der Waals surface area contributed by atoms with Crippen molar-refractivity contribution in [1.82, 2.24) is 10.2 Å². The zero-order valence-corrected chi connectivity index (χ0v) is 8.35. The predicted octanol–water partition coefficient (Wildman–Crippen LogP) is 0.762. The van der Waals surface area contributed by atoms with Gasteiger partial charge in [-0.2, -0.15) is 0 Å². The van der Waals surface area contributed by atoms with E-state index in [4.69, 9.17) is 13.9 Å². The summed E-state index contributed by atoms with van der Waals surface area (Å²) in [6.45, 7) is 1.73. The molecule has 12 heavy (non-hydrogen) atoms. The number of aromatic nitrogens is 2. The van der Waals surface area contributed by atoms with Gasteiger partial charge >= 0.3 is 0 Å². The van der Waals surface area contributed by atoms with Crippen LogP contribution in [0, 0.1) is 3.90 Å². The van der Waals surface area contributed by atoms with Crippen LogP contribution in [0.15, 0.2) is 4.42 Å². The molecule has 1 saturated heterocycles. The number of hydrogen-bond acceptors (Lipinski definition) is 5. The van der Waals surface area contributed by atoms with Crippen LogP contribution in [0.1, 0.15) is 12.0 Å². The van der Waals surface area contributed by atoms with Crippen LogP contribution >= 0.6 is 22.6 Å². The van der Waals surface area contributed by atoms with Crippen LogP contribution in [0.2, 0.25) is 0 Å². The summed E-state index contributed by atoms with van der Waals surface area (Å²) < 4.78 is 16.3. The van der Waals surface area contributed by atoms with Gasteiger partial charge in [-0.1, -0.05) is 0 Å². The van der Waals surface area contributed by atoms with E-state index in [1.807, 2.05) is 22.6 Å². The molecule has 6 heteroatoms. The van der Waals surface area contributed by atoms with Crippen molar-refractivity contribution in [3.8, 4) is 0 Å². The van der Waals surface area contributed by atoms with Gasteiger partial charge in [-0.25, -0.2) is 0 Å². The minimum Gasteiger partial charge on any atom is -0.413 e. The summed E-state index contributed by atoms with van der Waals surface area (Å²) in [6, 6.07) is 0. The van der Waals surface area contributed by atoms with Gasteiger partial charge in [0.2, 0.25) is 5.89 Å². The zero-order chi connectivity index (χ0) is 8.39. The molecule has 0 aromatic carbocycles. The Balaban J connectivity index is 2.08. The number of halogens is 1. The number of ether oxygens (including phenoxy) is 2. The smallest absolute Gasteiger partial charge is 0.278 e. The largest absolute Gasteiger partial charge is 0.413 e. The standard InChI is InChI=1S/C6H7IN2O3/c7-6-9-8-5(12-6)4-3-10-1-2-11-4/h4H,1-3H2. The Labute approximate surface area is 82.6 Å². The average Bonchev–Trinajstić information content (AvgIpc) is 2.54. The summed E-state index contributed by atoms with van der Waals surface area (Å²) in [7, 11) is 0. The molecule has 66 valence electrons. The summed E-state index contributed by atoms with van der Waals surface area (Å²) in [5.74, 6) is 0.499. The lowest BCUT2D eigenvalue weighted by molar-refractivity contribution is -0.0999. The summed E-state index contributed by atoms with van der Waals surface area (Å²) in [4.78, 5) is 0. The van der Waals surface area contributed by atoms with E-state index in [2.05, 4.69) is 10.2 Å². The molecule has 2 rings (SSSR count). The van der Waals surface area contributed by atoms with Gasteiger partial charge in [0.25, 0.3) is 3.90 Å². The molecule has 1 fully saturated rings. The molecule has 0 bridgehead atoms. The fourth-order valence-electron chi connectivity index (χ4n) is 0.976. The van der Waals surface area contributed by atoms with E-state index in [0.717, 1.165) is 0 Å².